The van der Waals surface area contributed by atoms with Gasteiger partial charge in [0.15, 0.2) is 11.5 Å². The molecule has 32 heavy (non-hydrogen) atoms. The van der Waals surface area contributed by atoms with Gasteiger partial charge in [0.1, 0.15) is 6.61 Å². The first-order valence-electron chi connectivity index (χ1n) is 8.91. The molecule has 2 aromatic heterocycles. The van der Waals surface area contributed by atoms with E-state index in [-0.39, 0.29) is 24.0 Å². The van der Waals surface area contributed by atoms with E-state index in [1.54, 1.807) is 24.3 Å². The molecule has 0 aliphatic carbocycles. The molecule has 13 heteroatoms. The summed E-state index contributed by atoms with van der Waals surface area (Å²) in [6.07, 6.45) is -3.55. The largest absolute Gasteiger partial charge is 0.447 e. The van der Waals surface area contributed by atoms with E-state index in [2.05, 4.69) is 20.7 Å². The lowest BCUT2D eigenvalue weighted by molar-refractivity contribution is -0.141. The molecule has 0 saturated heterocycles. The standard InChI is InChI=1S/C19H14Cl2F3N5O3/c20-12-4-1-2-6-14(12)27-18(31)32-9-8-26-17(30)11-10-29(28-15(11)19(22,23)24)16-13(21)5-3-7-25-16/h1-7,10H,8-9H2,(H,26,30)(H,27,31). The summed E-state index contributed by atoms with van der Waals surface area (Å²) in [5.41, 5.74) is -1.83. The highest BCUT2D eigenvalue weighted by Crippen LogP contribution is 2.32. The van der Waals surface area contributed by atoms with Crippen molar-refractivity contribution in [2.24, 2.45) is 0 Å². The first kappa shape index (κ1) is 23.4. The number of ether oxygens (including phenoxy) is 1. The van der Waals surface area contributed by atoms with Crippen LogP contribution in [-0.4, -0.2) is 39.9 Å². The van der Waals surface area contributed by atoms with Crippen LogP contribution in [-0.2, 0) is 10.9 Å². The van der Waals surface area contributed by atoms with Gasteiger partial charge in [0.2, 0.25) is 0 Å². The van der Waals surface area contributed by atoms with Crippen molar-refractivity contribution >= 4 is 40.9 Å². The summed E-state index contributed by atoms with van der Waals surface area (Å²) in [5.74, 6) is -1.14. The summed E-state index contributed by atoms with van der Waals surface area (Å²) < 4.78 is 45.8. The number of nitrogens with one attached hydrogen (secondary N) is 2. The van der Waals surface area contributed by atoms with Crippen molar-refractivity contribution < 1.29 is 27.5 Å². The smallest absolute Gasteiger partial charge is 0.435 e. The molecule has 0 aliphatic rings. The van der Waals surface area contributed by atoms with Crippen molar-refractivity contribution in [3.63, 3.8) is 0 Å². The zero-order valence-electron chi connectivity index (χ0n) is 16.0. The number of anilines is 1. The van der Waals surface area contributed by atoms with Gasteiger partial charge in [0, 0.05) is 12.4 Å². The van der Waals surface area contributed by atoms with Gasteiger partial charge in [-0.05, 0) is 24.3 Å². The SMILES string of the molecule is O=C(Nc1ccccc1Cl)OCCNC(=O)c1cn(-c2ncccc2Cl)nc1C(F)(F)F. The van der Waals surface area contributed by atoms with E-state index in [0.29, 0.717) is 10.7 Å². The molecule has 0 saturated carbocycles. The van der Waals surface area contributed by atoms with Crippen molar-refractivity contribution in [1.82, 2.24) is 20.1 Å². The Labute approximate surface area is 189 Å². The predicted octanol–water partition coefficient (Wildman–Crippen LogP) is 4.57. The molecule has 0 spiro atoms. The highest BCUT2D eigenvalue weighted by molar-refractivity contribution is 6.33. The molecule has 0 radical (unpaired) electrons. The van der Waals surface area contributed by atoms with Crippen LogP contribution in [0.4, 0.5) is 23.7 Å². The van der Waals surface area contributed by atoms with Crippen LogP contribution in [0.2, 0.25) is 10.0 Å². The van der Waals surface area contributed by atoms with E-state index in [9.17, 15) is 22.8 Å². The Morgan fingerprint density at radius 1 is 1.09 bits per heavy atom. The maximum absolute atomic E-state index is 13.4. The van der Waals surface area contributed by atoms with E-state index in [0.717, 1.165) is 10.9 Å². The molecular weight excluding hydrogens is 474 g/mol. The molecule has 1 aromatic carbocycles. The Balaban J connectivity index is 1.63. The molecule has 0 fully saturated rings. The van der Waals surface area contributed by atoms with Crippen LogP contribution in [0.25, 0.3) is 5.82 Å². The van der Waals surface area contributed by atoms with Crippen LogP contribution >= 0.6 is 23.2 Å². The van der Waals surface area contributed by atoms with E-state index >= 15 is 0 Å². The van der Waals surface area contributed by atoms with Gasteiger partial charge in [-0.1, -0.05) is 35.3 Å². The second kappa shape index (κ2) is 9.88. The van der Waals surface area contributed by atoms with Gasteiger partial charge in [0.05, 0.1) is 27.8 Å². The fraction of sp³-hybridized carbons (Fsp3) is 0.158. The number of rotatable bonds is 6. The third-order valence-electron chi connectivity index (χ3n) is 3.91. The van der Waals surface area contributed by atoms with Crippen molar-refractivity contribution in [2.45, 2.75) is 6.18 Å². The number of carbonyl (C=O) groups is 2. The second-order valence-electron chi connectivity index (χ2n) is 6.14. The van der Waals surface area contributed by atoms with Crippen LogP contribution in [0.5, 0.6) is 0 Å². The Bertz CT molecular complexity index is 1140. The van der Waals surface area contributed by atoms with E-state index < -0.39 is 29.4 Å². The number of pyridine rings is 1. The Morgan fingerprint density at radius 2 is 1.81 bits per heavy atom. The number of alkyl halides is 3. The lowest BCUT2D eigenvalue weighted by Crippen LogP contribution is -2.30. The molecule has 0 aliphatic heterocycles. The minimum atomic E-state index is -4.90. The van der Waals surface area contributed by atoms with Crippen molar-refractivity contribution in [3.05, 3.63) is 70.1 Å². The molecule has 2 heterocycles. The molecule has 0 unspecified atom stereocenters. The Morgan fingerprint density at radius 3 is 2.50 bits per heavy atom. The minimum absolute atomic E-state index is 0.0496. The number of aromatic nitrogens is 3. The number of halogens is 5. The number of nitrogens with zero attached hydrogens (tertiary/aromatic N) is 3. The summed E-state index contributed by atoms with van der Waals surface area (Å²) in [5, 5.41) is 8.41. The summed E-state index contributed by atoms with van der Waals surface area (Å²) >= 11 is 11.9. The zero-order valence-corrected chi connectivity index (χ0v) is 17.5. The molecule has 168 valence electrons. The van der Waals surface area contributed by atoms with E-state index in [4.69, 9.17) is 27.9 Å². The average molecular weight is 488 g/mol. The normalized spacial score (nSPS) is 11.2. The van der Waals surface area contributed by atoms with Gasteiger partial charge in [-0.3, -0.25) is 10.1 Å². The van der Waals surface area contributed by atoms with Crippen LogP contribution in [0.1, 0.15) is 16.1 Å². The fourth-order valence-corrected chi connectivity index (χ4v) is 2.91. The van der Waals surface area contributed by atoms with E-state index in [1.165, 1.54) is 18.3 Å². The summed E-state index contributed by atoms with van der Waals surface area (Å²) in [7, 11) is 0. The van der Waals surface area contributed by atoms with Crippen LogP contribution < -0.4 is 10.6 Å². The first-order chi connectivity index (χ1) is 15.2. The zero-order chi connectivity index (χ0) is 23.3. The second-order valence-corrected chi connectivity index (χ2v) is 6.95. The maximum atomic E-state index is 13.4. The number of hydrogen-bond acceptors (Lipinski definition) is 5. The molecule has 2 amide bonds. The van der Waals surface area contributed by atoms with E-state index in [1.807, 2.05) is 0 Å². The Hall–Kier alpha value is -3.31. The quantitative estimate of drug-likeness (QED) is 0.496. The monoisotopic (exact) mass is 487 g/mol. The summed E-state index contributed by atoms with van der Waals surface area (Å²) in [6, 6.07) is 9.36. The molecular formula is C19H14Cl2F3N5O3. The molecule has 3 rings (SSSR count). The molecule has 0 atom stereocenters. The van der Waals surface area contributed by atoms with Gasteiger partial charge in [-0.25, -0.2) is 14.5 Å². The topological polar surface area (TPSA) is 98.1 Å². The van der Waals surface area contributed by atoms with Crippen molar-refractivity contribution in [1.29, 1.82) is 0 Å². The van der Waals surface area contributed by atoms with Crippen molar-refractivity contribution in [2.75, 3.05) is 18.5 Å². The molecule has 3 aromatic rings. The van der Waals surface area contributed by atoms with Gasteiger partial charge in [-0.15, -0.1) is 0 Å². The van der Waals surface area contributed by atoms with Gasteiger partial charge < -0.3 is 10.1 Å². The lowest BCUT2D eigenvalue weighted by Gasteiger charge is -2.09. The van der Waals surface area contributed by atoms with Crippen molar-refractivity contribution in [3.8, 4) is 5.82 Å². The molecule has 0 bridgehead atoms. The predicted molar refractivity (Wildman–Crippen MR) is 110 cm³/mol. The molecule has 8 nitrogen and oxygen atoms in total. The van der Waals surface area contributed by atoms with Crippen LogP contribution in [0, 0.1) is 0 Å². The minimum Gasteiger partial charge on any atom is -0.447 e. The van der Waals surface area contributed by atoms with Gasteiger partial charge in [0.25, 0.3) is 5.91 Å². The fourth-order valence-electron chi connectivity index (χ4n) is 2.52. The number of amides is 2. The third-order valence-corrected chi connectivity index (χ3v) is 4.54. The summed E-state index contributed by atoms with van der Waals surface area (Å²) in [6.45, 7) is -0.550. The van der Waals surface area contributed by atoms with Gasteiger partial charge in [-0.2, -0.15) is 18.3 Å². The molecule has 2 N–H and O–H groups in total. The maximum Gasteiger partial charge on any atom is 0.435 e. The number of benzene rings is 1. The highest BCUT2D eigenvalue weighted by atomic mass is 35.5. The first-order valence-corrected chi connectivity index (χ1v) is 9.66. The number of hydrogen-bond donors (Lipinski definition) is 2. The van der Waals surface area contributed by atoms with Gasteiger partial charge >= 0.3 is 12.3 Å². The number of para-hydroxylation sites is 1. The summed E-state index contributed by atoms with van der Waals surface area (Å²) in [4.78, 5) is 28.0. The number of carbonyl (C=O) groups excluding carboxylic acids is 2. The van der Waals surface area contributed by atoms with Crippen LogP contribution in [0.15, 0.2) is 48.8 Å². The van der Waals surface area contributed by atoms with Crippen LogP contribution in [0.3, 0.4) is 0 Å². The lowest BCUT2D eigenvalue weighted by atomic mass is 10.2. The third kappa shape index (κ3) is 5.68. The highest BCUT2D eigenvalue weighted by Gasteiger charge is 2.39. The average Bonchev–Trinajstić information content (AvgIpc) is 3.19. The Kier molecular flexibility index (Phi) is 7.21.